The van der Waals surface area contributed by atoms with Gasteiger partial charge in [-0.05, 0) is 42.6 Å². The van der Waals surface area contributed by atoms with Gasteiger partial charge < -0.3 is 9.64 Å². The van der Waals surface area contributed by atoms with E-state index in [1.807, 2.05) is 12.1 Å². The van der Waals surface area contributed by atoms with Crippen LogP contribution in [-0.2, 0) is 6.42 Å². The van der Waals surface area contributed by atoms with Crippen LogP contribution in [0, 0.1) is 4.91 Å². The van der Waals surface area contributed by atoms with Crippen molar-refractivity contribution in [3.8, 4) is 5.75 Å². The molecule has 2 saturated heterocycles. The standard InChI is InChI=1S/C17H25N3O2/c1-3-13-10-15(18-21)17(22-2)11-16(13)20-9-8-19-7-5-4-6-14(19)12-20/h10-11,14H,3-9,12H2,1-2H3. The second-order valence-electron chi connectivity index (χ2n) is 6.23. The Hall–Kier alpha value is -1.62. The third-order valence-electron chi connectivity index (χ3n) is 5.04. The molecular formula is C17H25N3O2. The van der Waals surface area contributed by atoms with Crippen molar-refractivity contribution < 1.29 is 4.74 Å². The highest BCUT2D eigenvalue weighted by atomic mass is 16.5. The number of methoxy groups -OCH3 is 1. The van der Waals surface area contributed by atoms with Gasteiger partial charge in [0.1, 0.15) is 11.4 Å². The second kappa shape index (κ2) is 6.65. The fourth-order valence-corrected chi connectivity index (χ4v) is 3.79. The molecule has 5 nitrogen and oxygen atoms in total. The number of fused-ring (bicyclic) bond motifs is 1. The SMILES string of the molecule is CCc1cc(N=O)c(OC)cc1N1CCN2CCCCC2C1. The third-order valence-corrected chi connectivity index (χ3v) is 5.04. The summed E-state index contributed by atoms with van der Waals surface area (Å²) < 4.78 is 5.34. The Labute approximate surface area is 132 Å². The molecule has 0 spiro atoms. The molecule has 1 unspecified atom stereocenters. The number of hydrogen-bond acceptors (Lipinski definition) is 5. The first kappa shape index (κ1) is 15.3. The van der Waals surface area contributed by atoms with Gasteiger partial charge in [0.2, 0.25) is 0 Å². The van der Waals surface area contributed by atoms with Gasteiger partial charge in [-0.2, -0.15) is 0 Å². The largest absolute Gasteiger partial charge is 0.494 e. The predicted molar refractivity (Wildman–Crippen MR) is 89.3 cm³/mol. The van der Waals surface area contributed by atoms with Crippen molar-refractivity contribution >= 4 is 11.4 Å². The van der Waals surface area contributed by atoms with E-state index in [1.54, 1.807) is 7.11 Å². The molecule has 0 radical (unpaired) electrons. The fraction of sp³-hybridized carbons (Fsp3) is 0.647. The van der Waals surface area contributed by atoms with Gasteiger partial charge in [0.05, 0.1) is 7.11 Å². The molecule has 0 bridgehead atoms. The zero-order valence-corrected chi connectivity index (χ0v) is 13.5. The molecule has 2 aliphatic heterocycles. The maximum atomic E-state index is 11.0. The van der Waals surface area contributed by atoms with E-state index in [0.717, 1.165) is 26.1 Å². The first-order valence-corrected chi connectivity index (χ1v) is 8.30. The van der Waals surface area contributed by atoms with Crippen LogP contribution in [0.5, 0.6) is 5.75 Å². The summed E-state index contributed by atoms with van der Waals surface area (Å²) in [6.07, 6.45) is 4.87. The van der Waals surface area contributed by atoms with Crippen molar-refractivity contribution in [2.45, 2.75) is 38.6 Å². The highest BCUT2D eigenvalue weighted by molar-refractivity contribution is 5.67. The molecule has 0 amide bonds. The Kier molecular flexibility index (Phi) is 4.62. The summed E-state index contributed by atoms with van der Waals surface area (Å²) in [5.41, 5.74) is 2.79. The number of ether oxygens (including phenoxy) is 1. The van der Waals surface area contributed by atoms with Crippen LogP contribution in [0.2, 0.25) is 0 Å². The van der Waals surface area contributed by atoms with Crippen LogP contribution in [0.15, 0.2) is 17.3 Å². The summed E-state index contributed by atoms with van der Waals surface area (Å²) in [7, 11) is 1.60. The van der Waals surface area contributed by atoms with Crippen molar-refractivity contribution in [1.29, 1.82) is 0 Å². The van der Waals surface area contributed by atoms with Gasteiger partial charge in [-0.15, -0.1) is 4.91 Å². The maximum Gasteiger partial charge on any atom is 0.150 e. The maximum absolute atomic E-state index is 11.0. The van der Waals surface area contributed by atoms with E-state index >= 15 is 0 Å². The lowest BCUT2D eigenvalue weighted by Crippen LogP contribution is -2.55. The summed E-state index contributed by atoms with van der Waals surface area (Å²) in [4.78, 5) is 16.1. The average molecular weight is 303 g/mol. The molecule has 1 atom stereocenters. The Morgan fingerprint density at radius 2 is 2.14 bits per heavy atom. The van der Waals surface area contributed by atoms with Gasteiger partial charge in [-0.3, -0.25) is 4.90 Å². The van der Waals surface area contributed by atoms with Crippen molar-refractivity contribution in [2.24, 2.45) is 5.18 Å². The number of hydrogen-bond donors (Lipinski definition) is 0. The number of benzene rings is 1. The molecule has 2 aliphatic rings. The zero-order chi connectivity index (χ0) is 15.5. The lowest BCUT2D eigenvalue weighted by molar-refractivity contribution is 0.133. The van der Waals surface area contributed by atoms with Crippen molar-refractivity contribution in [3.63, 3.8) is 0 Å². The van der Waals surface area contributed by atoms with Crippen molar-refractivity contribution in [3.05, 3.63) is 22.6 Å². The summed E-state index contributed by atoms with van der Waals surface area (Å²) in [6, 6.07) is 4.55. The average Bonchev–Trinajstić information content (AvgIpc) is 2.60. The Bertz CT molecular complexity index is 547. The molecule has 0 saturated carbocycles. The number of aryl methyl sites for hydroxylation is 1. The molecule has 0 aromatic heterocycles. The number of piperazine rings is 1. The van der Waals surface area contributed by atoms with Crippen LogP contribution in [0.25, 0.3) is 0 Å². The van der Waals surface area contributed by atoms with E-state index in [1.165, 1.54) is 37.1 Å². The highest BCUT2D eigenvalue weighted by Gasteiger charge is 2.30. The van der Waals surface area contributed by atoms with Gasteiger partial charge in [-0.1, -0.05) is 13.3 Å². The molecule has 2 heterocycles. The topological polar surface area (TPSA) is 45.1 Å². The van der Waals surface area contributed by atoms with Gasteiger partial charge >= 0.3 is 0 Å². The molecule has 3 rings (SSSR count). The number of nitroso groups, excluding NO2 is 1. The first-order valence-electron chi connectivity index (χ1n) is 8.30. The summed E-state index contributed by atoms with van der Waals surface area (Å²) in [6.45, 7) is 6.61. The molecule has 2 fully saturated rings. The molecule has 0 aliphatic carbocycles. The van der Waals surface area contributed by atoms with Crippen LogP contribution in [0.4, 0.5) is 11.4 Å². The lowest BCUT2D eigenvalue weighted by Gasteiger charge is -2.45. The smallest absolute Gasteiger partial charge is 0.150 e. The molecule has 22 heavy (non-hydrogen) atoms. The van der Waals surface area contributed by atoms with E-state index < -0.39 is 0 Å². The van der Waals surface area contributed by atoms with Gasteiger partial charge in [0, 0.05) is 37.4 Å². The molecule has 1 aromatic carbocycles. The van der Waals surface area contributed by atoms with E-state index in [0.29, 0.717) is 17.5 Å². The molecular weight excluding hydrogens is 278 g/mol. The monoisotopic (exact) mass is 303 g/mol. The third kappa shape index (κ3) is 2.82. The van der Waals surface area contributed by atoms with E-state index in [2.05, 4.69) is 21.9 Å². The van der Waals surface area contributed by atoms with Crippen LogP contribution in [0.1, 0.15) is 31.7 Å². The van der Waals surface area contributed by atoms with Crippen molar-refractivity contribution in [2.75, 3.05) is 38.2 Å². The summed E-state index contributed by atoms with van der Waals surface area (Å²) >= 11 is 0. The minimum Gasteiger partial charge on any atom is -0.494 e. The van der Waals surface area contributed by atoms with Crippen LogP contribution in [0.3, 0.4) is 0 Å². The van der Waals surface area contributed by atoms with Crippen LogP contribution >= 0.6 is 0 Å². The highest BCUT2D eigenvalue weighted by Crippen LogP contribution is 2.37. The van der Waals surface area contributed by atoms with E-state index in [9.17, 15) is 4.91 Å². The van der Waals surface area contributed by atoms with Crippen molar-refractivity contribution in [1.82, 2.24) is 4.90 Å². The molecule has 1 aromatic rings. The normalized spacial score (nSPS) is 22.3. The second-order valence-corrected chi connectivity index (χ2v) is 6.23. The Morgan fingerprint density at radius 3 is 2.86 bits per heavy atom. The van der Waals surface area contributed by atoms with Gasteiger partial charge in [-0.25, -0.2) is 0 Å². The number of rotatable bonds is 4. The minimum atomic E-state index is 0.402. The van der Waals surface area contributed by atoms with Gasteiger partial charge in [0.25, 0.3) is 0 Å². The summed E-state index contributed by atoms with van der Waals surface area (Å²) in [5.74, 6) is 0.577. The molecule has 5 heteroatoms. The number of anilines is 1. The summed E-state index contributed by atoms with van der Waals surface area (Å²) in [5, 5.41) is 3.10. The number of nitrogens with zero attached hydrogens (tertiary/aromatic N) is 3. The van der Waals surface area contributed by atoms with E-state index in [-0.39, 0.29) is 0 Å². The Balaban J connectivity index is 1.88. The zero-order valence-electron chi connectivity index (χ0n) is 13.5. The van der Waals surface area contributed by atoms with Gasteiger partial charge in [0.15, 0.2) is 0 Å². The minimum absolute atomic E-state index is 0.402. The Morgan fingerprint density at radius 1 is 1.27 bits per heavy atom. The quantitative estimate of drug-likeness (QED) is 0.800. The van der Waals surface area contributed by atoms with Crippen LogP contribution < -0.4 is 9.64 Å². The lowest BCUT2D eigenvalue weighted by atomic mass is 9.98. The number of piperidine rings is 1. The van der Waals surface area contributed by atoms with E-state index in [4.69, 9.17) is 4.74 Å². The van der Waals surface area contributed by atoms with Crippen LogP contribution in [-0.4, -0.2) is 44.2 Å². The molecule has 0 N–H and O–H groups in total. The fourth-order valence-electron chi connectivity index (χ4n) is 3.79. The molecule has 120 valence electrons. The predicted octanol–water partition coefficient (Wildman–Crippen LogP) is 3.33. The first-order chi connectivity index (χ1) is 10.8.